The van der Waals surface area contributed by atoms with Gasteiger partial charge in [-0.3, -0.25) is 0 Å². The van der Waals surface area contributed by atoms with Crippen molar-refractivity contribution >= 4 is 6.21 Å². The van der Waals surface area contributed by atoms with Gasteiger partial charge in [-0.25, -0.2) is 4.99 Å². The van der Waals surface area contributed by atoms with Crippen LogP contribution in [0.25, 0.3) is 0 Å². The highest BCUT2D eigenvalue weighted by atomic mass is 15.1. The molecule has 0 amide bonds. The van der Waals surface area contributed by atoms with E-state index in [4.69, 9.17) is 0 Å². The molecule has 0 saturated heterocycles. The van der Waals surface area contributed by atoms with Gasteiger partial charge in [0, 0.05) is 18.3 Å². The zero-order valence-corrected chi connectivity index (χ0v) is 10.5. The molecule has 90 valence electrons. The molecule has 1 aliphatic rings. The van der Waals surface area contributed by atoms with Crippen molar-refractivity contribution in [1.82, 2.24) is 10.6 Å². The molecule has 0 aromatic rings. The van der Waals surface area contributed by atoms with Gasteiger partial charge in [-0.15, -0.1) is 0 Å². The maximum atomic E-state index is 4.33. The highest BCUT2D eigenvalue weighted by Gasteiger charge is 2.13. The van der Waals surface area contributed by atoms with Gasteiger partial charge < -0.3 is 10.6 Å². The number of hydrogen-bond acceptors (Lipinski definition) is 3. The number of nitrogens with one attached hydrogen (secondary N) is 2. The van der Waals surface area contributed by atoms with E-state index in [-0.39, 0.29) is 0 Å². The lowest BCUT2D eigenvalue weighted by Crippen LogP contribution is -2.18. The minimum atomic E-state index is 0.695. The topological polar surface area (TPSA) is 36.4 Å². The van der Waals surface area contributed by atoms with E-state index in [1.165, 1.54) is 0 Å². The highest BCUT2D eigenvalue weighted by Crippen LogP contribution is 2.15. The van der Waals surface area contributed by atoms with Crippen LogP contribution in [0.5, 0.6) is 0 Å². The second-order valence-corrected chi connectivity index (χ2v) is 3.46. The van der Waals surface area contributed by atoms with Crippen molar-refractivity contribution in [3.05, 3.63) is 60.3 Å². The molecule has 0 spiro atoms. The smallest absolute Gasteiger partial charge is 0.134 e. The molecule has 3 nitrogen and oxygen atoms in total. The van der Waals surface area contributed by atoms with E-state index in [1.807, 2.05) is 32.1 Å². The van der Waals surface area contributed by atoms with Gasteiger partial charge in [-0.2, -0.15) is 0 Å². The lowest BCUT2D eigenvalue weighted by molar-refractivity contribution is 0.891. The minimum Gasteiger partial charge on any atom is -0.379 e. The third-order valence-electron chi connectivity index (χ3n) is 2.39. The molecular formula is C14H19N3. The van der Waals surface area contributed by atoms with Crippen LogP contribution in [0.3, 0.4) is 0 Å². The van der Waals surface area contributed by atoms with Gasteiger partial charge in [0.1, 0.15) is 5.82 Å². The van der Waals surface area contributed by atoms with E-state index < -0.39 is 0 Å². The predicted molar refractivity (Wildman–Crippen MR) is 74.6 cm³/mol. The fourth-order valence-corrected chi connectivity index (χ4v) is 1.55. The maximum absolute atomic E-state index is 4.33. The fraction of sp³-hybridized carbons (Fsp3) is 0.214. The van der Waals surface area contributed by atoms with Crippen molar-refractivity contribution < 1.29 is 0 Å². The fourth-order valence-electron chi connectivity index (χ4n) is 1.55. The van der Waals surface area contributed by atoms with Crippen LogP contribution in [0.15, 0.2) is 65.2 Å². The Kier molecular flexibility index (Phi) is 5.01. The summed E-state index contributed by atoms with van der Waals surface area (Å²) in [6.45, 7) is 12.1. The number of aliphatic imine (C=N–C) groups is 1. The largest absolute Gasteiger partial charge is 0.379 e. The van der Waals surface area contributed by atoms with Crippen LogP contribution >= 0.6 is 0 Å². The van der Waals surface area contributed by atoms with Crippen molar-refractivity contribution in [2.24, 2.45) is 4.99 Å². The number of allylic oxidation sites excluding steroid dienone is 3. The number of rotatable bonds is 3. The third-order valence-corrected chi connectivity index (χ3v) is 2.39. The molecule has 0 fully saturated rings. The first-order valence-electron chi connectivity index (χ1n) is 5.61. The molecule has 0 aromatic heterocycles. The predicted octanol–water partition coefficient (Wildman–Crippen LogP) is 2.64. The second-order valence-electron chi connectivity index (χ2n) is 3.46. The molecule has 0 aromatic carbocycles. The van der Waals surface area contributed by atoms with Gasteiger partial charge in [0.05, 0.1) is 11.4 Å². The summed E-state index contributed by atoms with van der Waals surface area (Å²) >= 11 is 0. The third kappa shape index (κ3) is 3.21. The minimum absolute atomic E-state index is 0.695. The Morgan fingerprint density at radius 1 is 1.24 bits per heavy atom. The van der Waals surface area contributed by atoms with Crippen LogP contribution in [0.1, 0.15) is 13.8 Å². The Morgan fingerprint density at radius 3 is 2.53 bits per heavy atom. The van der Waals surface area contributed by atoms with E-state index in [2.05, 4.69) is 28.8 Å². The van der Waals surface area contributed by atoms with Crippen molar-refractivity contribution in [3.8, 4) is 0 Å². The Morgan fingerprint density at radius 2 is 2.00 bits per heavy atom. The van der Waals surface area contributed by atoms with Crippen molar-refractivity contribution in [2.75, 3.05) is 6.54 Å². The molecule has 2 N–H and O–H groups in total. The van der Waals surface area contributed by atoms with Crippen LogP contribution in [-0.2, 0) is 0 Å². The summed E-state index contributed by atoms with van der Waals surface area (Å²) in [5, 5.41) is 6.62. The molecule has 1 heterocycles. The zero-order valence-electron chi connectivity index (χ0n) is 10.5. The summed E-state index contributed by atoms with van der Waals surface area (Å²) in [5.74, 6) is 0.829. The van der Waals surface area contributed by atoms with Gasteiger partial charge in [0.15, 0.2) is 0 Å². The Labute approximate surface area is 103 Å². The summed E-state index contributed by atoms with van der Waals surface area (Å²) < 4.78 is 0. The Bertz CT molecular complexity index is 423. The molecule has 1 aliphatic heterocycles. The average Bonchev–Trinajstić information content (AvgIpc) is 2.50. The summed E-state index contributed by atoms with van der Waals surface area (Å²) in [6.07, 6.45) is 9.27. The van der Waals surface area contributed by atoms with Crippen LogP contribution in [0.2, 0.25) is 0 Å². The van der Waals surface area contributed by atoms with E-state index >= 15 is 0 Å². The molecule has 17 heavy (non-hydrogen) atoms. The lowest BCUT2D eigenvalue weighted by atomic mass is 10.2. The summed E-state index contributed by atoms with van der Waals surface area (Å²) in [4.78, 5) is 4.33. The summed E-state index contributed by atoms with van der Waals surface area (Å²) in [5.41, 5.74) is 3.03. The van der Waals surface area contributed by atoms with Crippen LogP contribution < -0.4 is 10.6 Å². The zero-order chi connectivity index (χ0) is 12.7. The van der Waals surface area contributed by atoms with E-state index in [1.54, 1.807) is 12.3 Å². The molecule has 0 bridgehead atoms. The molecule has 0 aliphatic carbocycles. The molecular weight excluding hydrogens is 210 g/mol. The van der Waals surface area contributed by atoms with Crippen molar-refractivity contribution in [3.63, 3.8) is 0 Å². The first-order valence-corrected chi connectivity index (χ1v) is 5.61. The van der Waals surface area contributed by atoms with Crippen molar-refractivity contribution in [2.45, 2.75) is 13.8 Å². The molecule has 3 heteroatoms. The SMILES string of the molecule is C=C/C=C1/NCC(C=C)=C(/N=C\C)N/C1=C/C. The van der Waals surface area contributed by atoms with Crippen LogP contribution in [0, 0.1) is 0 Å². The van der Waals surface area contributed by atoms with Gasteiger partial charge in [0.2, 0.25) is 0 Å². The van der Waals surface area contributed by atoms with Gasteiger partial charge in [-0.05, 0) is 19.9 Å². The summed E-state index contributed by atoms with van der Waals surface area (Å²) in [6, 6.07) is 0. The first-order chi connectivity index (χ1) is 8.26. The van der Waals surface area contributed by atoms with Gasteiger partial charge in [-0.1, -0.05) is 31.4 Å². The van der Waals surface area contributed by atoms with Crippen LogP contribution in [-0.4, -0.2) is 12.8 Å². The van der Waals surface area contributed by atoms with Crippen molar-refractivity contribution in [1.29, 1.82) is 0 Å². The van der Waals surface area contributed by atoms with Gasteiger partial charge >= 0.3 is 0 Å². The van der Waals surface area contributed by atoms with E-state index in [0.29, 0.717) is 6.54 Å². The monoisotopic (exact) mass is 229 g/mol. The van der Waals surface area contributed by atoms with E-state index in [0.717, 1.165) is 22.8 Å². The highest BCUT2D eigenvalue weighted by molar-refractivity contribution is 5.56. The second kappa shape index (κ2) is 6.53. The molecule has 0 unspecified atom stereocenters. The summed E-state index contributed by atoms with van der Waals surface area (Å²) in [7, 11) is 0. The molecule has 0 saturated carbocycles. The lowest BCUT2D eigenvalue weighted by Gasteiger charge is -2.10. The standard InChI is InChI=1S/C14H19N3/c1-5-9-13-12(7-3)17-14(15-8-4)11(6-2)10-16-13/h5-9,16-17H,1-2,10H2,3-4H3/b12-7+,13-9+,15-8-. The number of nitrogens with zero attached hydrogens (tertiary/aromatic N) is 1. The Balaban J connectivity index is 3.14. The molecule has 0 radical (unpaired) electrons. The molecule has 1 rings (SSSR count). The normalized spacial score (nSPS) is 21.3. The van der Waals surface area contributed by atoms with Crippen LogP contribution in [0.4, 0.5) is 0 Å². The Hall–Kier alpha value is -2.03. The van der Waals surface area contributed by atoms with E-state index in [9.17, 15) is 0 Å². The van der Waals surface area contributed by atoms with Gasteiger partial charge in [0.25, 0.3) is 0 Å². The average molecular weight is 229 g/mol. The number of hydrogen-bond donors (Lipinski definition) is 2. The quantitative estimate of drug-likeness (QED) is 0.730. The molecule has 0 atom stereocenters. The first kappa shape index (κ1) is 13.0. The maximum Gasteiger partial charge on any atom is 0.134 e.